The highest BCUT2D eigenvalue weighted by molar-refractivity contribution is 6.04. The molecule has 7 nitrogen and oxygen atoms in total. The third-order valence-corrected chi connectivity index (χ3v) is 4.90. The average molecular weight is 369 g/mol. The first-order chi connectivity index (χ1) is 13.0. The van der Waals surface area contributed by atoms with E-state index in [2.05, 4.69) is 17.1 Å². The van der Waals surface area contributed by atoms with Crippen molar-refractivity contribution < 1.29 is 14.5 Å². The van der Waals surface area contributed by atoms with E-state index >= 15 is 0 Å². The van der Waals surface area contributed by atoms with Gasteiger partial charge in [0.25, 0.3) is 5.91 Å². The van der Waals surface area contributed by atoms with Crippen molar-refractivity contribution in [1.82, 2.24) is 0 Å². The van der Waals surface area contributed by atoms with Crippen LogP contribution in [0.2, 0.25) is 0 Å². The van der Waals surface area contributed by atoms with E-state index in [0.29, 0.717) is 11.7 Å². The van der Waals surface area contributed by atoms with Gasteiger partial charge in [-0.2, -0.15) is 0 Å². The summed E-state index contributed by atoms with van der Waals surface area (Å²) < 4.78 is 4.96. The van der Waals surface area contributed by atoms with Gasteiger partial charge in [0.05, 0.1) is 12.0 Å². The van der Waals surface area contributed by atoms with Crippen molar-refractivity contribution in [2.75, 3.05) is 23.9 Å². The molecule has 3 rings (SSSR count). The molecular weight excluding hydrogens is 346 g/mol. The lowest BCUT2D eigenvalue weighted by Crippen LogP contribution is -2.37. The lowest BCUT2D eigenvalue weighted by Gasteiger charge is -2.35. The topological polar surface area (TPSA) is 84.7 Å². The summed E-state index contributed by atoms with van der Waals surface area (Å²) in [4.78, 5) is 25.4. The van der Waals surface area contributed by atoms with Crippen molar-refractivity contribution in [2.24, 2.45) is 0 Å². The smallest absolute Gasteiger partial charge is 0.311 e. The summed E-state index contributed by atoms with van der Waals surface area (Å²) in [5, 5.41) is 13.9. The number of ether oxygens (including phenoxy) is 1. The number of methoxy groups -OCH3 is 1. The number of carbonyl (C=O) groups excluding carboxylic acids is 1. The van der Waals surface area contributed by atoms with Gasteiger partial charge in [0.2, 0.25) is 0 Å². The van der Waals surface area contributed by atoms with E-state index in [-0.39, 0.29) is 17.0 Å². The van der Waals surface area contributed by atoms with Crippen molar-refractivity contribution in [3.05, 3.63) is 58.1 Å². The molecule has 0 saturated carbocycles. The van der Waals surface area contributed by atoms with Crippen LogP contribution in [-0.2, 0) is 0 Å². The molecule has 0 spiro atoms. The zero-order valence-corrected chi connectivity index (χ0v) is 15.5. The van der Waals surface area contributed by atoms with Crippen LogP contribution >= 0.6 is 0 Å². The van der Waals surface area contributed by atoms with E-state index in [4.69, 9.17) is 4.74 Å². The second-order valence-electron chi connectivity index (χ2n) is 6.68. The normalized spacial score (nSPS) is 16.7. The Morgan fingerprint density at radius 1 is 1.22 bits per heavy atom. The van der Waals surface area contributed by atoms with E-state index in [9.17, 15) is 14.9 Å². The molecule has 0 unspecified atom stereocenters. The van der Waals surface area contributed by atoms with Crippen LogP contribution in [0.25, 0.3) is 0 Å². The van der Waals surface area contributed by atoms with Crippen molar-refractivity contribution >= 4 is 23.0 Å². The Balaban J connectivity index is 1.72. The van der Waals surface area contributed by atoms with Crippen LogP contribution < -0.4 is 15.0 Å². The molecule has 7 heteroatoms. The van der Waals surface area contributed by atoms with Crippen LogP contribution in [-0.4, -0.2) is 30.5 Å². The number of benzene rings is 2. The predicted octanol–water partition coefficient (Wildman–Crippen LogP) is 4.23. The molecule has 1 aliphatic rings. The van der Waals surface area contributed by atoms with Gasteiger partial charge >= 0.3 is 5.69 Å². The Morgan fingerprint density at radius 2 is 1.96 bits per heavy atom. The number of hydrogen-bond donors (Lipinski definition) is 1. The van der Waals surface area contributed by atoms with Crippen molar-refractivity contribution in [2.45, 2.75) is 32.2 Å². The van der Waals surface area contributed by atoms with Crippen LogP contribution in [0.15, 0.2) is 42.5 Å². The Morgan fingerprint density at radius 3 is 2.59 bits per heavy atom. The monoisotopic (exact) mass is 369 g/mol. The quantitative estimate of drug-likeness (QED) is 0.629. The molecule has 1 aliphatic heterocycles. The third kappa shape index (κ3) is 4.19. The molecule has 2 aromatic carbocycles. The van der Waals surface area contributed by atoms with Gasteiger partial charge in [0.15, 0.2) is 5.75 Å². The first-order valence-electron chi connectivity index (χ1n) is 9.00. The van der Waals surface area contributed by atoms with E-state index < -0.39 is 10.8 Å². The van der Waals surface area contributed by atoms with Crippen LogP contribution in [0.5, 0.6) is 5.75 Å². The zero-order valence-electron chi connectivity index (χ0n) is 15.5. The number of amides is 1. The van der Waals surface area contributed by atoms with Gasteiger partial charge in [-0.3, -0.25) is 14.9 Å². The maximum absolute atomic E-state index is 12.4. The zero-order chi connectivity index (χ0) is 19.4. The van der Waals surface area contributed by atoms with E-state index in [0.717, 1.165) is 12.2 Å². The molecule has 1 N–H and O–H groups in total. The summed E-state index contributed by atoms with van der Waals surface area (Å²) in [6.45, 7) is 3.27. The molecule has 1 heterocycles. The molecule has 27 heavy (non-hydrogen) atoms. The number of hydrogen-bond acceptors (Lipinski definition) is 5. The first kappa shape index (κ1) is 18.7. The Bertz CT molecular complexity index is 836. The molecule has 0 aliphatic carbocycles. The Hall–Kier alpha value is -3.09. The van der Waals surface area contributed by atoms with Crippen molar-refractivity contribution in [3.63, 3.8) is 0 Å². The highest BCUT2D eigenvalue weighted by Gasteiger charge is 2.20. The highest BCUT2D eigenvalue weighted by atomic mass is 16.6. The summed E-state index contributed by atoms with van der Waals surface area (Å²) in [6, 6.07) is 12.4. The number of piperidine rings is 1. The number of anilines is 2. The Labute approximate surface area is 158 Å². The number of nitro benzene ring substituents is 1. The summed E-state index contributed by atoms with van der Waals surface area (Å²) in [6.07, 6.45) is 3.65. The highest BCUT2D eigenvalue weighted by Crippen LogP contribution is 2.29. The molecule has 1 amide bonds. The van der Waals surface area contributed by atoms with Crippen LogP contribution in [0.4, 0.5) is 17.1 Å². The predicted molar refractivity (Wildman–Crippen MR) is 105 cm³/mol. The number of nitro groups is 1. The number of nitrogens with one attached hydrogen (secondary N) is 1. The second kappa shape index (κ2) is 8.07. The van der Waals surface area contributed by atoms with Gasteiger partial charge in [0.1, 0.15) is 0 Å². The fraction of sp³-hybridized carbons (Fsp3) is 0.350. The van der Waals surface area contributed by atoms with Crippen LogP contribution in [0.1, 0.15) is 36.5 Å². The minimum absolute atomic E-state index is 0.122. The largest absolute Gasteiger partial charge is 0.490 e. The van der Waals surface area contributed by atoms with Gasteiger partial charge in [-0.1, -0.05) is 0 Å². The van der Waals surface area contributed by atoms with Gasteiger partial charge in [0, 0.05) is 35.6 Å². The lowest BCUT2D eigenvalue weighted by atomic mass is 10.0. The molecule has 2 aromatic rings. The molecule has 142 valence electrons. The third-order valence-electron chi connectivity index (χ3n) is 4.90. The number of nitrogens with zero attached hydrogens (tertiary/aromatic N) is 2. The average Bonchev–Trinajstić information content (AvgIpc) is 2.68. The Kier molecular flexibility index (Phi) is 5.59. The fourth-order valence-corrected chi connectivity index (χ4v) is 3.40. The van der Waals surface area contributed by atoms with Gasteiger partial charge in [-0.25, -0.2) is 0 Å². The minimum Gasteiger partial charge on any atom is -0.490 e. The van der Waals surface area contributed by atoms with Crippen molar-refractivity contribution in [3.8, 4) is 5.75 Å². The van der Waals surface area contributed by atoms with Crippen LogP contribution in [0, 0.1) is 10.1 Å². The summed E-state index contributed by atoms with van der Waals surface area (Å²) in [7, 11) is 1.35. The van der Waals surface area contributed by atoms with Gasteiger partial charge in [-0.15, -0.1) is 0 Å². The number of rotatable bonds is 5. The van der Waals surface area contributed by atoms with E-state index in [1.54, 1.807) is 0 Å². The lowest BCUT2D eigenvalue weighted by molar-refractivity contribution is -0.385. The van der Waals surface area contributed by atoms with Crippen molar-refractivity contribution in [1.29, 1.82) is 0 Å². The molecule has 0 aromatic heterocycles. The molecular formula is C20H23N3O4. The van der Waals surface area contributed by atoms with E-state index in [1.807, 2.05) is 24.3 Å². The molecule has 0 radical (unpaired) electrons. The molecule has 0 bridgehead atoms. The summed E-state index contributed by atoms with van der Waals surface area (Å²) in [5.41, 5.74) is 1.75. The standard InChI is InChI=1S/C20H23N3O4/c1-14-5-3-4-12-22(14)17-9-7-16(8-10-17)21-20(24)15-6-11-19(27-2)18(13-15)23(25)26/h6-11,13-14H,3-5,12H2,1-2H3,(H,21,24)/t14-/m0/s1. The first-order valence-corrected chi connectivity index (χ1v) is 9.00. The number of carbonyl (C=O) groups is 1. The van der Waals surface area contributed by atoms with Gasteiger partial charge in [-0.05, 0) is 62.6 Å². The summed E-state index contributed by atoms with van der Waals surface area (Å²) in [5.74, 6) is -0.281. The maximum Gasteiger partial charge on any atom is 0.311 e. The minimum atomic E-state index is -0.565. The fourth-order valence-electron chi connectivity index (χ4n) is 3.40. The molecule has 1 fully saturated rings. The molecule has 1 saturated heterocycles. The molecule has 1 atom stereocenters. The second-order valence-corrected chi connectivity index (χ2v) is 6.68. The van der Waals surface area contributed by atoms with E-state index in [1.165, 1.54) is 44.6 Å². The maximum atomic E-state index is 12.4. The SMILES string of the molecule is COc1ccc(C(=O)Nc2ccc(N3CCCC[C@@H]3C)cc2)cc1[N+](=O)[O-]. The van der Waals surface area contributed by atoms with Gasteiger partial charge < -0.3 is 15.0 Å². The summed E-state index contributed by atoms with van der Waals surface area (Å²) >= 11 is 0. The van der Waals surface area contributed by atoms with Crippen LogP contribution in [0.3, 0.4) is 0 Å².